The maximum atomic E-state index is 12.4. The van der Waals surface area contributed by atoms with Gasteiger partial charge in [-0.3, -0.25) is 0 Å². The van der Waals surface area contributed by atoms with Gasteiger partial charge in [0.1, 0.15) is 11.5 Å². The van der Waals surface area contributed by atoms with Crippen LogP contribution in [0.3, 0.4) is 0 Å². The van der Waals surface area contributed by atoms with E-state index in [9.17, 15) is 13.2 Å². The second kappa shape index (κ2) is 5.73. The molecular formula is C12H13Cl2NO5S. The lowest BCUT2D eigenvalue weighted by atomic mass is 10.0. The molecule has 1 heterocycles. The summed E-state index contributed by atoms with van der Waals surface area (Å²) in [5.74, 6) is -1.10. The van der Waals surface area contributed by atoms with Crippen molar-refractivity contribution in [1.82, 2.24) is 4.31 Å². The Balaban J connectivity index is 2.13. The molecule has 1 aliphatic rings. The Labute approximate surface area is 132 Å². The fourth-order valence-corrected chi connectivity index (χ4v) is 4.41. The molecule has 0 bridgehead atoms. The van der Waals surface area contributed by atoms with Gasteiger partial charge in [-0.1, -0.05) is 23.2 Å². The number of halogens is 2. The molecule has 1 saturated heterocycles. The number of aliphatic carboxylic acids is 1. The third kappa shape index (κ3) is 3.49. The van der Waals surface area contributed by atoms with Gasteiger partial charge in [-0.25, -0.2) is 13.2 Å². The van der Waals surface area contributed by atoms with Crippen molar-refractivity contribution in [2.45, 2.75) is 17.4 Å². The molecule has 6 nitrogen and oxygen atoms in total. The quantitative estimate of drug-likeness (QED) is 0.873. The summed E-state index contributed by atoms with van der Waals surface area (Å²) in [6.45, 7) is 1.31. The van der Waals surface area contributed by atoms with Crippen molar-refractivity contribution in [2.75, 3.05) is 19.7 Å². The molecule has 9 heteroatoms. The summed E-state index contributed by atoms with van der Waals surface area (Å²) in [6.07, 6.45) is 0. The molecule has 0 unspecified atom stereocenters. The van der Waals surface area contributed by atoms with E-state index in [1.165, 1.54) is 22.5 Å². The Morgan fingerprint density at radius 3 is 2.62 bits per heavy atom. The molecule has 21 heavy (non-hydrogen) atoms. The highest BCUT2D eigenvalue weighted by molar-refractivity contribution is 7.89. The summed E-state index contributed by atoms with van der Waals surface area (Å²) in [5, 5.41) is 8.93. The first kappa shape index (κ1) is 16.5. The predicted octanol–water partition coefficient (Wildman–Crippen LogP) is 1.86. The van der Waals surface area contributed by atoms with Crippen LogP contribution in [0.15, 0.2) is 23.1 Å². The number of hydrogen-bond acceptors (Lipinski definition) is 4. The molecule has 0 saturated carbocycles. The molecule has 1 aliphatic heterocycles. The lowest BCUT2D eigenvalue weighted by Crippen LogP contribution is -2.63. The first-order chi connectivity index (χ1) is 9.64. The molecule has 1 fully saturated rings. The van der Waals surface area contributed by atoms with Crippen molar-refractivity contribution in [2.24, 2.45) is 0 Å². The molecule has 0 aromatic heterocycles. The average molecular weight is 354 g/mol. The minimum Gasteiger partial charge on any atom is -0.480 e. The summed E-state index contributed by atoms with van der Waals surface area (Å²) in [7, 11) is -3.78. The zero-order valence-electron chi connectivity index (χ0n) is 11.0. The van der Waals surface area contributed by atoms with Crippen molar-refractivity contribution in [3.05, 3.63) is 28.2 Å². The lowest BCUT2D eigenvalue weighted by Gasteiger charge is -2.46. The molecule has 2 rings (SSSR count). The number of ether oxygens (including phenoxy) is 1. The minimum atomic E-state index is -3.78. The molecule has 0 radical (unpaired) electrons. The van der Waals surface area contributed by atoms with E-state index in [1.807, 2.05) is 0 Å². The van der Waals surface area contributed by atoms with E-state index in [0.29, 0.717) is 0 Å². The number of hydrogen-bond donors (Lipinski definition) is 1. The number of rotatable bonds is 5. The number of nitrogens with zero attached hydrogens (tertiary/aromatic N) is 1. The normalized spacial score (nSPS) is 18.2. The van der Waals surface area contributed by atoms with E-state index in [0.717, 1.165) is 0 Å². The van der Waals surface area contributed by atoms with Gasteiger partial charge in [0.25, 0.3) is 0 Å². The summed E-state index contributed by atoms with van der Waals surface area (Å²) < 4.78 is 31.2. The third-order valence-corrected chi connectivity index (χ3v) is 5.59. The predicted molar refractivity (Wildman–Crippen MR) is 77.2 cm³/mol. The monoisotopic (exact) mass is 353 g/mol. The molecule has 0 spiro atoms. The lowest BCUT2D eigenvalue weighted by molar-refractivity contribution is -0.157. The van der Waals surface area contributed by atoms with Crippen LogP contribution in [0.1, 0.15) is 6.92 Å². The zero-order valence-corrected chi connectivity index (χ0v) is 13.4. The third-order valence-electron chi connectivity index (χ3n) is 3.08. The van der Waals surface area contributed by atoms with Crippen LogP contribution in [0.4, 0.5) is 0 Å². The highest BCUT2D eigenvalue weighted by Crippen LogP contribution is 2.34. The average Bonchev–Trinajstić information content (AvgIpc) is 2.35. The fourth-order valence-electron chi connectivity index (χ4n) is 2.01. The molecule has 0 amide bonds. The van der Waals surface area contributed by atoms with Gasteiger partial charge in [0.15, 0.2) is 0 Å². The first-order valence-electron chi connectivity index (χ1n) is 5.95. The Morgan fingerprint density at radius 2 is 2.05 bits per heavy atom. The number of carboxylic acid groups (broad SMARTS) is 1. The second-order valence-electron chi connectivity index (χ2n) is 4.98. The van der Waals surface area contributed by atoms with Gasteiger partial charge >= 0.3 is 5.97 Å². The van der Waals surface area contributed by atoms with Crippen LogP contribution in [0, 0.1) is 0 Å². The van der Waals surface area contributed by atoms with Gasteiger partial charge < -0.3 is 9.84 Å². The number of carboxylic acids is 1. The number of benzene rings is 1. The Morgan fingerprint density at radius 1 is 1.43 bits per heavy atom. The SMILES string of the molecule is CC1(OCC(=O)O)CN(S(=O)(=O)c2cc(Cl)ccc2Cl)C1. The summed E-state index contributed by atoms with van der Waals surface area (Å²) in [5.41, 5.74) is -0.809. The maximum Gasteiger partial charge on any atom is 0.329 e. The molecule has 0 aliphatic carbocycles. The van der Waals surface area contributed by atoms with E-state index in [1.54, 1.807) is 6.92 Å². The standard InChI is InChI=1S/C12H13Cl2NO5S/c1-12(20-5-11(16)17)6-15(7-12)21(18,19)10-4-8(13)2-3-9(10)14/h2-4H,5-7H2,1H3,(H,16,17). The molecule has 1 aromatic rings. The van der Waals surface area contributed by atoms with E-state index >= 15 is 0 Å². The van der Waals surface area contributed by atoms with E-state index in [-0.39, 0.29) is 28.0 Å². The summed E-state index contributed by atoms with van der Waals surface area (Å²) in [4.78, 5) is 10.4. The van der Waals surface area contributed by atoms with Gasteiger partial charge in [-0.15, -0.1) is 0 Å². The molecule has 1 N–H and O–H groups in total. The van der Waals surface area contributed by atoms with Crippen LogP contribution in [0.5, 0.6) is 0 Å². The van der Waals surface area contributed by atoms with Crippen molar-refractivity contribution >= 4 is 39.2 Å². The van der Waals surface area contributed by atoms with Gasteiger partial charge in [0.05, 0.1) is 10.6 Å². The molecule has 1 aromatic carbocycles. The van der Waals surface area contributed by atoms with Crippen molar-refractivity contribution < 1.29 is 23.1 Å². The van der Waals surface area contributed by atoms with Gasteiger partial charge in [-0.05, 0) is 25.1 Å². The maximum absolute atomic E-state index is 12.4. The Bertz CT molecular complexity index is 670. The topological polar surface area (TPSA) is 83.9 Å². The minimum absolute atomic E-state index is 0.0610. The highest BCUT2D eigenvalue weighted by atomic mass is 35.5. The van der Waals surface area contributed by atoms with Gasteiger partial charge in [-0.2, -0.15) is 4.31 Å². The Kier molecular flexibility index (Phi) is 4.51. The van der Waals surface area contributed by atoms with Crippen LogP contribution < -0.4 is 0 Å². The van der Waals surface area contributed by atoms with E-state index in [4.69, 9.17) is 33.0 Å². The molecule has 0 atom stereocenters. The molecular weight excluding hydrogens is 341 g/mol. The largest absolute Gasteiger partial charge is 0.480 e. The van der Waals surface area contributed by atoms with Gasteiger partial charge in [0.2, 0.25) is 10.0 Å². The van der Waals surface area contributed by atoms with Crippen LogP contribution in [0.2, 0.25) is 10.0 Å². The van der Waals surface area contributed by atoms with E-state index in [2.05, 4.69) is 0 Å². The number of carbonyl (C=O) groups is 1. The van der Waals surface area contributed by atoms with Crippen LogP contribution >= 0.6 is 23.2 Å². The fraction of sp³-hybridized carbons (Fsp3) is 0.417. The number of sulfonamides is 1. The zero-order chi connectivity index (χ0) is 15.8. The van der Waals surface area contributed by atoms with Crippen LogP contribution in [-0.2, 0) is 19.6 Å². The van der Waals surface area contributed by atoms with Crippen molar-refractivity contribution in [3.8, 4) is 0 Å². The molecule has 116 valence electrons. The van der Waals surface area contributed by atoms with Crippen molar-refractivity contribution in [1.29, 1.82) is 0 Å². The highest BCUT2D eigenvalue weighted by Gasteiger charge is 2.47. The Hall–Kier alpha value is -0.860. The second-order valence-corrected chi connectivity index (χ2v) is 7.73. The summed E-state index contributed by atoms with van der Waals surface area (Å²) >= 11 is 11.7. The smallest absolute Gasteiger partial charge is 0.329 e. The first-order valence-corrected chi connectivity index (χ1v) is 8.15. The van der Waals surface area contributed by atoms with Gasteiger partial charge in [0, 0.05) is 18.1 Å². The van der Waals surface area contributed by atoms with Crippen LogP contribution in [-0.4, -0.2) is 49.1 Å². The van der Waals surface area contributed by atoms with E-state index < -0.39 is 28.2 Å². The van der Waals surface area contributed by atoms with Crippen LogP contribution in [0.25, 0.3) is 0 Å². The van der Waals surface area contributed by atoms with Crippen molar-refractivity contribution in [3.63, 3.8) is 0 Å². The summed E-state index contributed by atoms with van der Waals surface area (Å²) in [6, 6.07) is 4.20.